The van der Waals surface area contributed by atoms with Crippen LogP contribution in [0.4, 0.5) is 5.69 Å². The summed E-state index contributed by atoms with van der Waals surface area (Å²) in [7, 11) is -3.60. The highest BCUT2D eigenvalue weighted by Gasteiger charge is 2.32. The van der Waals surface area contributed by atoms with Gasteiger partial charge in [0.05, 0.1) is 22.8 Å². The predicted molar refractivity (Wildman–Crippen MR) is 109 cm³/mol. The molecule has 0 bridgehead atoms. The van der Waals surface area contributed by atoms with Crippen LogP contribution in [0.5, 0.6) is 0 Å². The van der Waals surface area contributed by atoms with E-state index in [9.17, 15) is 13.2 Å². The number of nitrogens with zero attached hydrogens (tertiary/aromatic N) is 2. The fourth-order valence-corrected chi connectivity index (χ4v) is 4.35. The van der Waals surface area contributed by atoms with Crippen LogP contribution in [0.15, 0.2) is 42.5 Å². The number of amides is 1. The average Bonchev–Trinajstić information content (AvgIpc) is 2.92. The van der Waals surface area contributed by atoms with Gasteiger partial charge in [0, 0.05) is 18.3 Å². The fraction of sp³-hybridized carbons (Fsp3) is 0.316. The van der Waals surface area contributed by atoms with E-state index in [4.69, 9.17) is 23.2 Å². The van der Waals surface area contributed by atoms with Crippen molar-refractivity contribution in [3.63, 3.8) is 0 Å². The lowest BCUT2D eigenvalue weighted by Crippen LogP contribution is -2.44. The Balaban J connectivity index is 1.83. The molecule has 0 saturated heterocycles. The van der Waals surface area contributed by atoms with Crippen LogP contribution >= 0.6 is 23.2 Å². The molecule has 0 radical (unpaired) electrons. The molecule has 3 rings (SSSR count). The van der Waals surface area contributed by atoms with E-state index < -0.39 is 10.0 Å². The summed E-state index contributed by atoms with van der Waals surface area (Å²) in [4.78, 5) is 14.6. The largest absolute Gasteiger partial charge is 0.308 e. The van der Waals surface area contributed by atoms with Crippen molar-refractivity contribution in [1.29, 1.82) is 0 Å². The van der Waals surface area contributed by atoms with Crippen molar-refractivity contribution in [2.45, 2.75) is 25.9 Å². The number of carbonyl (C=O) groups is 1. The topological polar surface area (TPSA) is 57.7 Å². The molecule has 2 aromatic carbocycles. The molecule has 0 aliphatic carbocycles. The van der Waals surface area contributed by atoms with Gasteiger partial charge in [0.2, 0.25) is 15.9 Å². The zero-order valence-corrected chi connectivity index (χ0v) is 17.4. The molecule has 0 spiro atoms. The van der Waals surface area contributed by atoms with Crippen LogP contribution in [0.25, 0.3) is 0 Å². The summed E-state index contributed by atoms with van der Waals surface area (Å²) in [6.07, 6.45) is 1.85. The Morgan fingerprint density at radius 3 is 2.56 bits per heavy atom. The van der Waals surface area contributed by atoms with Crippen LogP contribution in [-0.4, -0.2) is 37.5 Å². The van der Waals surface area contributed by atoms with Crippen molar-refractivity contribution < 1.29 is 13.2 Å². The highest BCUT2D eigenvalue weighted by atomic mass is 35.5. The van der Waals surface area contributed by atoms with Gasteiger partial charge in [0.15, 0.2) is 0 Å². The van der Waals surface area contributed by atoms with Crippen molar-refractivity contribution >= 4 is 44.8 Å². The van der Waals surface area contributed by atoms with E-state index in [0.717, 1.165) is 28.2 Å². The van der Waals surface area contributed by atoms with Crippen molar-refractivity contribution in [1.82, 2.24) is 4.31 Å². The van der Waals surface area contributed by atoms with Crippen LogP contribution in [0.3, 0.4) is 0 Å². The number of hydrogen-bond acceptors (Lipinski definition) is 3. The number of halogens is 2. The fourth-order valence-electron chi connectivity index (χ4n) is 3.30. The molecule has 1 atom stereocenters. The van der Waals surface area contributed by atoms with Gasteiger partial charge < -0.3 is 4.90 Å². The summed E-state index contributed by atoms with van der Waals surface area (Å²) < 4.78 is 25.7. The monoisotopic (exact) mass is 426 g/mol. The first kappa shape index (κ1) is 20.1. The maximum atomic E-state index is 13.0. The minimum atomic E-state index is -3.60. The molecule has 0 N–H and O–H groups in total. The van der Waals surface area contributed by atoms with Gasteiger partial charge in [-0.2, -0.15) is 4.31 Å². The number of sulfonamides is 1. The predicted octanol–water partition coefficient (Wildman–Crippen LogP) is 3.73. The molecule has 1 amide bonds. The van der Waals surface area contributed by atoms with E-state index in [1.807, 2.05) is 31.2 Å². The van der Waals surface area contributed by atoms with E-state index in [2.05, 4.69) is 0 Å². The molecule has 2 aromatic rings. The molecule has 0 fully saturated rings. The summed E-state index contributed by atoms with van der Waals surface area (Å²) in [5.74, 6) is -0.252. The molecule has 5 nitrogen and oxygen atoms in total. The molecule has 1 aliphatic rings. The molecular weight excluding hydrogens is 407 g/mol. The van der Waals surface area contributed by atoms with Crippen LogP contribution in [0, 0.1) is 0 Å². The smallest absolute Gasteiger partial charge is 0.242 e. The van der Waals surface area contributed by atoms with E-state index in [-0.39, 0.29) is 25.0 Å². The molecule has 27 heavy (non-hydrogen) atoms. The first-order chi connectivity index (χ1) is 12.7. The Labute approximate surface area is 169 Å². The van der Waals surface area contributed by atoms with E-state index in [1.54, 1.807) is 23.1 Å². The van der Waals surface area contributed by atoms with Crippen LogP contribution in [0.2, 0.25) is 10.0 Å². The van der Waals surface area contributed by atoms with Gasteiger partial charge in [-0.1, -0.05) is 47.5 Å². The van der Waals surface area contributed by atoms with Gasteiger partial charge in [-0.25, -0.2) is 8.42 Å². The highest BCUT2D eigenvalue weighted by molar-refractivity contribution is 7.88. The van der Waals surface area contributed by atoms with Gasteiger partial charge in [-0.05, 0) is 42.7 Å². The zero-order valence-electron chi connectivity index (χ0n) is 15.0. The van der Waals surface area contributed by atoms with Crippen molar-refractivity contribution in [3.05, 3.63) is 63.6 Å². The summed E-state index contributed by atoms with van der Waals surface area (Å²) in [5.41, 5.74) is 2.60. The maximum absolute atomic E-state index is 13.0. The summed E-state index contributed by atoms with van der Waals surface area (Å²) in [6.45, 7) is 1.77. The van der Waals surface area contributed by atoms with E-state index in [1.165, 1.54) is 0 Å². The van der Waals surface area contributed by atoms with E-state index >= 15 is 0 Å². The lowest BCUT2D eigenvalue weighted by molar-refractivity contribution is -0.119. The number of para-hydroxylation sites is 1. The molecule has 8 heteroatoms. The third-order valence-electron chi connectivity index (χ3n) is 4.60. The van der Waals surface area contributed by atoms with Crippen molar-refractivity contribution in [3.8, 4) is 0 Å². The maximum Gasteiger partial charge on any atom is 0.242 e. The standard InChI is InChI=1S/C19H20Cl2N2O3S/c1-13-9-15-5-3-4-6-18(15)23(13)19(24)12-22(27(2,25)26)11-14-7-8-16(20)17(21)10-14/h3-8,10,13H,9,11-12H2,1-2H3. The molecule has 0 saturated carbocycles. The Morgan fingerprint density at radius 2 is 1.89 bits per heavy atom. The third-order valence-corrected chi connectivity index (χ3v) is 6.53. The second kappa shape index (κ2) is 7.80. The van der Waals surface area contributed by atoms with Crippen molar-refractivity contribution in [2.75, 3.05) is 17.7 Å². The minimum Gasteiger partial charge on any atom is -0.308 e. The highest BCUT2D eigenvalue weighted by Crippen LogP contribution is 2.32. The Bertz CT molecular complexity index is 979. The Hall–Kier alpha value is -1.60. The second-order valence-electron chi connectivity index (χ2n) is 6.73. The van der Waals surface area contributed by atoms with Crippen LogP contribution in [0.1, 0.15) is 18.1 Å². The van der Waals surface area contributed by atoms with Gasteiger partial charge in [0.25, 0.3) is 0 Å². The van der Waals surface area contributed by atoms with Gasteiger partial charge in [-0.15, -0.1) is 0 Å². The number of anilines is 1. The molecule has 1 unspecified atom stereocenters. The Kier molecular flexibility index (Phi) is 5.82. The summed E-state index contributed by atoms with van der Waals surface area (Å²) in [6, 6.07) is 12.6. The zero-order chi connectivity index (χ0) is 19.8. The Morgan fingerprint density at radius 1 is 1.19 bits per heavy atom. The van der Waals surface area contributed by atoms with Crippen molar-refractivity contribution in [2.24, 2.45) is 0 Å². The molecule has 1 heterocycles. The SMILES string of the molecule is CC1Cc2ccccc2N1C(=O)CN(Cc1ccc(Cl)c(Cl)c1)S(C)(=O)=O. The van der Waals surface area contributed by atoms with E-state index in [0.29, 0.717) is 15.6 Å². The first-order valence-electron chi connectivity index (χ1n) is 8.46. The average molecular weight is 427 g/mol. The number of benzene rings is 2. The number of fused-ring (bicyclic) bond motifs is 1. The molecule has 0 aromatic heterocycles. The van der Waals surface area contributed by atoms with Crippen LogP contribution in [-0.2, 0) is 27.8 Å². The number of rotatable bonds is 5. The number of carbonyl (C=O) groups excluding carboxylic acids is 1. The van der Waals surface area contributed by atoms with Gasteiger partial charge in [-0.3, -0.25) is 4.79 Å². The number of hydrogen-bond donors (Lipinski definition) is 0. The lowest BCUT2D eigenvalue weighted by Gasteiger charge is -2.26. The lowest BCUT2D eigenvalue weighted by atomic mass is 10.1. The third kappa shape index (κ3) is 4.46. The molecular formula is C19H20Cl2N2O3S. The van der Waals surface area contributed by atoms with Gasteiger partial charge >= 0.3 is 0 Å². The van der Waals surface area contributed by atoms with Gasteiger partial charge in [0.1, 0.15) is 0 Å². The molecule has 1 aliphatic heterocycles. The summed E-state index contributed by atoms with van der Waals surface area (Å²) in [5, 5.41) is 0.737. The normalized spacial score (nSPS) is 16.6. The quantitative estimate of drug-likeness (QED) is 0.731. The first-order valence-corrected chi connectivity index (χ1v) is 11.1. The summed E-state index contributed by atoms with van der Waals surface area (Å²) >= 11 is 11.9. The van der Waals surface area contributed by atoms with Crippen LogP contribution < -0.4 is 4.90 Å². The minimum absolute atomic E-state index is 0.0127. The second-order valence-corrected chi connectivity index (χ2v) is 9.52. The molecule has 144 valence electrons.